The minimum absolute atomic E-state index is 0.0160. The average Bonchev–Trinajstić information content (AvgIpc) is 2.84. The van der Waals surface area contributed by atoms with E-state index in [0.717, 1.165) is 0 Å². The highest BCUT2D eigenvalue weighted by atomic mass is 35.5. The van der Waals surface area contributed by atoms with Crippen molar-refractivity contribution in [2.45, 2.75) is 4.90 Å². The molecule has 5 nitrogen and oxygen atoms in total. The molecule has 0 saturated heterocycles. The highest BCUT2D eigenvalue weighted by Crippen LogP contribution is 2.35. The van der Waals surface area contributed by atoms with Gasteiger partial charge < -0.3 is 9.47 Å². The smallest absolute Gasteiger partial charge is 0.261 e. The van der Waals surface area contributed by atoms with E-state index in [1.54, 1.807) is 18.2 Å². The molecule has 0 radical (unpaired) electrons. The molecular formula is C13H9Cl2NO4S. The lowest BCUT2D eigenvalue weighted by atomic mass is 10.3. The fourth-order valence-electron chi connectivity index (χ4n) is 1.86. The standard InChI is InChI=1S/C13H9Cl2NO4S/c14-8-3-9(15)5-11(4-8)21(17,18)16-10-1-2-12-13(6-10)20-7-19-12/h1-6,16H,7H2. The minimum Gasteiger partial charge on any atom is -0.454 e. The Kier molecular flexibility index (Phi) is 3.61. The van der Waals surface area contributed by atoms with Gasteiger partial charge in [-0.15, -0.1) is 0 Å². The van der Waals surface area contributed by atoms with Crippen LogP contribution in [0.2, 0.25) is 10.0 Å². The van der Waals surface area contributed by atoms with E-state index in [9.17, 15) is 8.42 Å². The lowest BCUT2D eigenvalue weighted by Gasteiger charge is -2.09. The zero-order valence-electron chi connectivity index (χ0n) is 10.5. The minimum atomic E-state index is -3.79. The third-order valence-electron chi connectivity index (χ3n) is 2.77. The number of halogens is 2. The molecule has 1 N–H and O–H groups in total. The molecule has 0 fully saturated rings. The number of ether oxygens (including phenoxy) is 2. The second kappa shape index (κ2) is 5.29. The Morgan fingerprint density at radius 1 is 0.952 bits per heavy atom. The van der Waals surface area contributed by atoms with Gasteiger partial charge in [-0.1, -0.05) is 23.2 Å². The summed E-state index contributed by atoms with van der Waals surface area (Å²) < 4.78 is 37.4. The Hall–Kier alpha value is -1.63. The summed E-state index contributed by atoms with van der Waals surface area (Å²) in [5.41, 5.74) is 0.357. The molecule has 0 spiro atoms. The maximum absolute atomic E-state index is 12.3. The summed E-state index contributed by atoms with van der Waals surface area (Å²) in [5, 5.41) is 0.488. The Bertz CT molecular complexity index is 788. The number of fused-ring (bicyclic) bond motifs is 1. The van der Waals surface area contributed by atoms with Gasteiger partial charge in [-0.05, 0) is 30.3 Å². The van der Waals surface area contributed by atoms with Gasteiger partial charge in [0.15, 0.2) is 11.5 Å². The zero-order valence-corrected chi connectivity index (χ0v) is 12.8. The van der Waals surface area contributed by atoms with Gasteiger partial charge in [0.1, 0.15) is 0 Å². The molecule has 110 valence electrons. The van der Waals surface area contributed by atoms with Crippen LogP contribution >= 0.6 is 23.2 Å². The predicted molar refractivity (Wildman–Crippen MR) is 79.8 cm³/mol. The molecule has 8 heteroatoms. The molecule has 2 aromatic carbocycles. The first-order valence-corrected chi connectivity index (χ1v) is 8.06. The van der Waals surface area contributed by atoms with Crippen molar-refractivity contribution in [2.24, 2.45) is 0 Å². The van der Waals surface area contributed by atoms with Crippen LogP contribution in [0.4, 0.5) is 5.69 Å². The van der Waals surface area contributed by atoms with Crippen LogP contribution in [0.25, 0.3) is 0 Å². The molecule has 0 unspecified atom stereocenters. The quantitative estimate of drug-likeness (QED) is 0.924. The third kappa shape index (κ3) is 3.02. The van der Waals surface area contributed by atoms with Crippen molar-refractivity contribution in [1.29, 1.82) is 0 Å². The monoisotopic (exact) mass is 345 g/mol. The first kappa shape index (κ1) is 14.3. The van der Waals surface area contributed by atoms with E-state index in [2.05, 4.69) is 4.72 Å². The third-order valence-corrected chi connectivity index (χ3v) is 4.57. The number of benzene rings is 2. The van der Waals surface area contributed by atoms with Gasteiger partial charge in [-0.2, -0.15) is 0 Å². The van der Waals surface area contributed by atoms with Crippen molar-refractivity contribution in [2.75, 3.05) is 11.5 Å². The van der Waals surface area contributed by atoms with Gasteiger partial charge in [0, 0.05) is 16.1 Å². The van der Waals surface area contributed by atoms with Gasteiger partial charge >= 0.3 is 0 Å². The van der Waals surface area contributed by atoms with Crippen LogP contribution in [0.5, 0.6) is 11.5 Å². The topological polar surface area (TPSA) is 64.6 Å². The average molecular weight is 346 g/mol. The van der Waals surface area contributed by atoms with Crippen LogP contribution < -0.4 is 14.2 Å². The number of hydrogen-bond acceptors (Lipinski definition) is 4. The molecule has 21 heavy (non-hydrogen) atoms. The Labute approximate surface area is 131 Å². The Balaban J connectivity index is 1.92. The predicted octanol–water partition coefficient (Wildman–Crippen LogP) is 3.52. The molecule has 0 aromatic heterocycles. The molecular weight excluding hydrogens is 337 g/mol. The summed E-state index contributed by atoms with van der Waals surface area (Å²) in [4.78, 5) is -0.0160. The molecule has 1 heterocycles. The van der Waals surface area contributed by atoms with Crippen LogP contribution in [-0.4, -0.2) is 15.2 Å². The summed E-state index contributed by atoms with van der Waals surface area (Å²) in [5.74, 6) is 1.06. The molecule has 0 aliphatic carbocycles. The Morgan fingerprint density at radius 2 is 1.62 bits per heavy atom. The molecule has 1 aliphatic heterocycles. The van der Waals surface area contributed by atoms with Crippen LogP contribution in [-0.2, 0) is 10.0 Å². The number of anilines is 1. The number of sulfonamides is 1. The summed E-state index contributed by atoms with van der Waals surface area (Å²) in [6.07, 6.45) is 0. The van der Waals surface area contributed by atoms with Crippen molar-refractivity contribution < 1.29 is 17.9 Å². The van der Waals surface area contributed by atoms with Crippen LogP contribution in [0.3, 0.4) is 0 Å². The summed E-state index contributed by atoms with van der Waals surface area (Å²) in [7, 11) is -3.79. The molecule has 3 rings (SSSR count). The van der Waals surface area contributed by atoms with Gasteiger partial charge in [0.25, 0.3) is 10.0 Å². The highest BCUT2D eigenvalue weighted by molar-refractivity contribution is 7.92. The fraction of sp³-hybridized carbons (Fsp3) is 0.0769. The lowest BCUT2D eigenvalue weighted by molar-refractivity contribution is 0.174. The first-order chi connectivity index (χ1) is 9.94. The highest BCUT2D eigenvalue weighted by Gasteiger charge is 2.18. The van der Waals surface area contributed by atoms with E-state index < -0.39 is 10.0 Å². The van der Waals surface area contributed by atoms with Crippen molar-refractivity contribution in [1.82, 2.24) is 0 Å². The maximum Gasteiger partial charge on any atom is 0.261 e. The van der Waals surface area contributed by atoms with Crippen LogP contribution in [0.1, 0.15) is 0 Å². The van der Waals surface area contributed by atoms with E-state index in [1.165, 1.54) is 18.2 Å². The molecule has 0 atom stereocenters. The molecule has 2 aromatic rings. The first-order valence-electron chi connectivity index (χ1n) is 5.83. The van der Waals surface area contributed by atoms with Gasteiger partial charge in [-0.25, -0.2) is 8.42 Å². The molecule has 1 aliphatic rings. The van der Waals surface area contributed by atoms with Gasteiger partial charge in [-0.3, -0.25) is 4.72 Å². The molecule has 0 saturated carbocycles. The van der Waals surface area contributed by atoms with Crippen LogP contribution in [0, 0.1) is 0 Å². The summed E-state index contributed by atoms with van der Waals surface area (Å²) in [6, 6.07) is 8.86. The second-order valence-corrected chi connectivity index (χ2v) is 6.83. The number of hydrogen-bond donors (Lipinski definition) is 1. The summed E-state index contributed by atoms with van der Waals surface area (Å²) in [6.45, 7) is 0.120. The van der Waals surface area contributed by atoms with Crippen LogP contribution in [0.15, 0.2) is 41.3 Å². The van der Waals surface area contributed by atoms with Crippen molar-refractivity contribution >= 4 is 38.9 Å². The SMILES string of the molecule is O=S(=O)(Nc1ccc2c(c1)OCO2)c1cc(Cl)cc(Cl)c1. The lowest BCUT2D eigenvalue weighted by Crippen LogP contribution is -2.12. The molecule has 0 bridgehead atoms. The van der Waals surface area contributed by atoms with Gasteiger partial charge in [0.05, 0.1) is 10.6 Å². The second-order valence-electron chi connectivity index (χ2n) is 4.28. The van der Waals surface area contributed by atoms with E-state index in [4.69, 9.17) is 32.7 Å². The van der Waals surface area contributed by atoms with E-state index >= 15 is 0 Å². The number of rotatable bonds is 3. The van der Waals surface area contributed by atoms with Crippen molar-refractivity contribution in [3.63, 3.8) is 0 Å². The largest absolute Gasteiger partial charge is 0.454 e. The maximum atomic E-state index is 12.3. The van der Waals surface area contributed by atoms with Crippen molar-refractivity contribution in [3.05, 3.63) is 46.4 Å². The van der Waals surface area contributed by atoms with E-state index in [0.29, 0.717) is 17.2 Å². The summed E-state index contributed by atoms with van der Waals surface area (Å²) >= 11 is 11.6. The van der Waals surface area contributed by atoms with Gasteiger partial charge in [0.2, 0.25) is 6.79 Å². The number of nitrogens with one attached hydrogen (secondary N) is 1. The van der Waals surface area contributed by atoms with E-state index in [-0.39, 0.29) is 21.7 Å². The zero-order chi connectivity index (χ0) is 15.0. The van der Waals surface area contributed by atoms with E-state index in [1.807, 2.05) is 0 Å². The molecule has 0 amide bonds. The Morgan fingerprint density at radius 3 is 2.33 bits per heavy atom. The van der Waals surface area contributed by atoms with Crippen molar-refractivity contribution in [3.8, 4) is 11.5 Å². The fourth-order valence-corrected chi connectivity index (χ4v) is 3.63. The normalized spacial score (nSPS) is 13.2.